The third-order valence-corrected chi connectivity index (χ3v) is 4.78. The highest BCUT2D eigenvalue weighted by Gasteiger charge is 2.05. The van der Waals surface area contributed by atoms with Gasteiger partial charge in [-0.05, 0) is 55.7 Å². The number of anilines is 1. The van der Waals surface area contributed by atoms with Crippen LogP contribution < -0.4 is 16.0 Å². The van der Waals surface area contributed by atoms with Crippen LogP contribution in [0.5, 0.6) is 0 Å². The maximum absolute atomic E-state index is 12.2. The van der Waals surface area contributed by atoms with E-state index < -0.39 is 0 Å². The van der Waals surface area contributed by atoms with Crippen molar-refractivity contribution >= 4 is 17.6 Å². The van der Waals surface area contributed by atoms with E-state index in [0.29, 0.717) is 13.1 Å². The van der Waals surface area contributed by atoms with Crippen LogP contribution in [0.3, 0.4) is 0 Å². The number of hydrogen-bond acceptors (Lipinski definition) is 3. The fourth-order valence-electron chi connectivity index (χ4n) is 3.22. The lowest BCUT2D eigenvalue weighted by Gasteiger charge is -2.13. The molecule has 3 N–H and O–H groups in total. The molecule has 7 nitrogen and oxygen atoms in total. The minimum atomic E-state index is -0.118. The second-order valence-electron chi connectivity index (χ2n) is 7.43. The molecular formula is C24H30N6O. The van der Waals surface area contributed by atoms with E-state index in [2.05, 4.69) is 53.1 Å². The summed E-state index contributed by atoms with van der Waals surface area (Å²) in [5, 5.41) is 13.6. The first-order chi connectivity index (χ1) is 15.0. The van der Waals surface area contributed by atoms with Crippen molar-refractivity contribution in [2.75, 3.05) is 11.9 Å². The first kappa shape index (κ1) is 22.1. The van der Waals surface area contributed by atoms with Crippen LogP contribution in [0.2, 0.25) is 0 Å². The third kappa shape index (κ3) is 6.99. The van der Waals surface area contributed by atoms with Gasteiger partial charge in [0.15, 0.2) is 5.96 Å². The number of carbonyl (C=O) groups excluding carboxylic acids is 1. The predicted molar refractivity (Wildman–Crippen MR) is 125 cm³/mol. The maximum atomic E-state index is 12.2. The number of nitrogens with zero attached hydrogens (tertiary/aromatic N) is 3. The molecule has 1 heterocycles. The van der Waals surface area contributed by atoms with E-state index in [4.69, 9.17) is 4.99 Å². The number of benzene rings is 2. The Labute approximate surface area is 183 Å². The largest absolute Gasteiger partial charge is 0.357 e. The lowest BCUT2D eigenvalue weighted by Crippen LogP contribution is -2.36. The number of hydrogen-bond donors (Lipinski definition) is 3. The van der Waals surface area contributed by atoms with Crippen LogP contribution in [0.25, 0.3) is 0 Å². The molecule has 0 aliphatic carbocycles. The van der Waals surface area contributed by atoms with E-state index in [-0.39, 0.29) is 12.5 Å². The predicted octanol–water partition coefficient (Wildman–Crippen LogP) is 3.39. The zero-order valence-corrected chi connectivity index (χ0v) is 18.4. The van der Waals surface area contributed by atoms with Gasteiger partial charge in [-0.3, -0.25) is 9.48 Å². The van der Waals surface area contributed by atoms with Gasteiger partial charge in [0.1, 0.15) is 6.54 Å². The standard InChI is InChI=1S/C24H30N6O/c1-4-25-24(27-16-21-10-9-18(2)13-19(21)3)26-15-20-7-5-8-22(14-20)29-23(31)17-30-12-6-11-28-30/h5-14H,4,15-17H2,1-3H3,(H,29,31)(H2,25,26,27). The Morgan fingerprint density at radius 2 is 1.97 bits per heavy atom. The summed E-state index contributed by atoms with van der Waals surface area (Å²) >= 11 is 0. The van der Waals surface area contributed by atoms with E-state index >= 15 is 0 Å². The van der Waals surface area contributed by atoms with E-state index in [1.54, 1.807) is 23.1 Å². The Balaban J connectivity index is 1.59. The van der Waals surface area contributed by atoms with Gasteiger partial charge in [-0.15, -0.1) is 0 Å². The number of aliphatic imine (C=N–C) groups is 1. The van der Waals surface area contributed by atoms with E-state index in [1.165, 1.54) is 16.7 Å². The Kier molecular flexibility index (Phi) is 7.81. The normalized spacial score (nSPS) is 11.3. The summed E-state index contributed by atoms with van der Waals surface area (Å²) in [4.78, 5) is 16.9. The van der Waals surface area contributed by atoms with Gasteiger partial charge in [0.25, 0.3) is 0 Å². The van der Waals surface area contributed by atoms with Crippen molar-refractivity contribution in [2.45, 2.75) is 40.4 Å². The Hall–Kier alpha value is -3.61. The Morgan fingerprint density at radius 1 is 1.10 bits per heavy atom. The average Bonchev–Trinajstić information content (AvgIpc) is 3.24. The highest BCUT2D eigenvalue weighted by molar-refractivity contribution is 5.90. The molecule has 0 saturated carbocycles. The van der Waals surface area contributed by atoms with Crippen molar-refractivity contribution in [3.05, 3.63) is 83.2 Å². The number of nitrogens with one attached hydrogen (secondary N) is 3. The molecule has 7 heteroatoms. The number of aromatic nitrogens is 2. The summed E-state index contributed by atoms with van der Waals surface area (Å²) in [6, 6.07) is 16.0. The summed E-state index contributed by atoms with van der Waals surface area (Å²) in [6.07, 6.45) is 3.42. The second-order valence-corrected chi connectivity index (χ2v) is 7.43. The quantitative estimate of drug-likeness (QED) is 0.387. The van der Waals surface area contributed by atoms with Gasteiger partial charge in [0.05, 0.1) is 6.54 Å². The van der Waals surface area contributed by atoms with Gasteiger partial charge in [-0.25, -0.2) is 4.99 Å². The molecule has 162 valence electrons. The molecule has 0 aliphatic heterocycles. The van der Waals surface area contributed by atoms with Gasteiger partial charge in [0, 0.05) is 31.2 Å². The molecule has 0 atom stereocenters. The van der Waals surface area contributed by atoms with E-state index in [9.17, 15) is 4.79 Å². The lowest BCUT2D eigenvalue weighted by molar-refractivity contribution is -0.116. The van der Waals surface area contributed by atoms with Crippen molar-refractivity contribution in [1.29, 1.82) is 0 Å². The van der Waals surface area contributed by atoms with Gasteiger partial charge in [-0.1, -0.05) is 35.9 Å². The second kappa shape index (κ2) is 11.0. The summed E-state index contributed by atoms with van der Waals surface area (Å²) < 4.78 is 1.59. The van der Waals surface area contributed by atoms with Crippen molar-refractivity contribution in [2.24, 2.45) is 4.99 Å². The summed E-state index contributed by atoms with van der Waals surface area (Å²) in [7, 11) is 0. The zero-order valence-electron chi connectivity index (χ0n) is 18.4. The Bertz CT molecular complexity index is 1030. The number of amides is 1. The minimum absolute atomic E-state index is 0.118. The van der Waals surface area contributed by atoms with Gasteiger partial charge >= 0.3 is 0 Å². The SMILES string of the molecule is CCNC(=NCc1cccc(NC(=O)Cn2cccn2)c1)NCc1ccc(C)cc1C. The number of aryl methyl sites for hydroxylation is 2. The van der Waals surface area contributed by atoms with Crippen molar-refractivity contribution < 1.29 is 4.79 Å². The minimum Gasteiger partial charge on any atom is -0.357 e. The van der Waals surface area contributed by atoms with Gasteiger partial charge < -0.3 is 16.0 Å². The molecule has 1 amide bonds. The average molecular weight is 419 g/mol. The number of rotatable bonds is 8. The molecule has 0 spiro atoms. The van der Waals surface area contributed by atoms with Crippen molar-refractivity contribution in [1.82, 2.24) is 20.4 Å². The molecule has 31 heavy (non-hydrogen) atoms. The van der Waals surface area contributed by atoms with Crippen molar-refractivity contribution in [3.8, 4) is 0 Å². The molecule has 3 aromatic rings. The third-order valence-electron chi connectivity index (χ3n) is 4.78. The molecule has 3 rings (SSSR count). The summed E-state index contributed by atoms with van der Waals surface area (Å²) in [5.41, 5.74) is 5.54. The molecule has 0 fully saturated rings. The molecule has 0 bridgehead atoms. The van der Waals surface area contributed by atoms with Crippen LogP contribution in [0.15, 0.2) is 65.9 Å². The fraction of sp³-hybridized carbons (Fsp3) is 0.292. The monoisotopic (exact) mass is 418 g/mol. The fourth-order valence-corrected chi connectivity index (χ4v) is 3.22. The summed E-state index contributed by atoms with van der Waals surface area (Å²) in [5.74, 6) is 0.642. The van der Waals surface area contributed by atoms with Gasteiger partial charge in [0.2, 0.25) is 5.91 Å². The molecule has 2 aromatic carbocycles. The number of carbonyl (C=O) groups is 1. The molecule has 1 aromatic heterocycles. The lowest BCUT2D eigenvalue weighted by atomic mass is 10.1. The summed E-state index contributed by atoms with van der Waals surface area (Å²) in [6.45, 7) is 8.45. The number of guanidine groups is 1. The van der Waals surface area contributed by atoms with Crippen LogP contribution >= 0.6 is 0 Å². The van der Waals surface area contributed by atoms with Crippen LogP contribution in [-0.2, 0) is 24.4 Å². The first-order valence-corrected chi connectivity index (χ1v) is 10.5. The molecule has 0 aliphatic rings. The highest BCUT2D eigenvalue weighted by Crippen LogP contribution is 2.12. The van der Waals surface area contributed by atoms with E-state index in [1.807, 2.05) is 31.2 Å². The van der Waals surface area contributed by atoms with Crippen LogP contribution in [0, 0.1) is 13.8 Å². The topological polar surface area (TPSA) is 83.3 Å². The first-order valence-electron chi connectivity index (χ1n) is 10.5. The molecule has 0 radical (unpaired) electrons. The Morgan fingerprint density at radius 3 is 2.71 bits per heavy atom. The smallest absolute Gasteiger partial charge is 0.246 e. The molecule has 0 saturated heterocycles. The van der Waals surface area contributed by atoms with Gasteiger partial charge in [-0.2, -0.15) is 5.10 Å². The molecule has 0 unspecified atom stereocenters. The van der Waals surface area contributed by atoms with Crippen LogP contribution in [-0.4, -0.2) is 28.2 Å². The van der Waals surface area contributed by atoms with E-state index in [0.717, 1.165) is 23.8 Å². The zero-order chi connectivity index (χ0) is 22.1. The maximum Gasteiger partial charge on any atom is 0.246 e. The highest BCUT2D eigenvalue weighted by atomic mass is 16.2. The van der Waals surface area contributed by atoms with Crippen molar-refractivity contribution in [3.63, 3.8) is 0 Å². The van der Waals surface area contributed by atoms with Crippen LogP contribution in [0.1, 0.15) is 29.2 Å². The van der Waals surface area contributed by atoms with Crippen LogP contribution in [0.4, 0.5) is 5.69 Å². The molecular weight excluding hydrogens is 388 g/mol.